The standard InChI is InChI=1S/C6H12.2CH4/c1-5(2)6(3)4;;/h5-6H,1,3H2,2,4H3;2*1H4. The van der Waals surface area contributed by atoms with E-state index in [9.17, 15) is 0 Å². The lowest BCUT2D eigenvalue weighted by Gasteiger charge is -2.06. The molecule has 0 spiro atoms. The van der Waals surface area contributed by atoms with Crippen LogP contribution in [-0.4, -0.2) is 0 Å². The minimum absolute atomic E-state index is 0. The molecule has 0 fully saturated rings. The van der Waals surface area contributed by atoms with Crippen LogP contribution < -0.4 is 0 Å². The van der Waals surface area contributed by atoms with Gasteiger partial charge in [-0.15, -0.1) is 5.92 Å². The SMILES string of the molecule is C.C.[CH2+]C(C)C([CH2-])C. The molecule has 0 aliphatic carbocycles. The molecule has 0 nitrogen and oxygen atoms in total. The van der Waals surface area contributed by atoms with E-state index in [-0.39, 0.29) is 14.9 Å². The highest BCUT2D eigenvalue weighted by molar-refractivity contribution is 4.63. The van der Waals surface area contributed by atoms with Gasteiger partial charge in [-0.25, -0.2) is 0 Å². The van der Waals surface area contributed by atoms with Gasteiger partial charge >= 0.3 is 0 Å². The molecule has 0 radical (unpaired) electrons. The molecule has 0 amide bonds. The largest absolute Gasteiger partial charge is 0.336 e. The summed E-state index contributed by atoms with van der Waals surface area (Å²) in [5.41, 5.74) is 0. The number of rotatable bonds is 1. The predicted octanol–water partition coefficient (Wildman–Crippen LogP) is 3.20. The molecule has 0 aromatic heterocycles. The van der Waals surface area contributed by atoms with Crippen LogP contribution >= 0.6 is 0 Å². The van der Waals surface area contributed by atoms with E-state index in [1.54, 1.807) is 0 Å². The van der Waals surface area contributed by atoms with Crippen molar-refractivity contribution in [3.8, 4) is 0 Å². The molecule has 2 atom stereocenters. The fourth-order valence-corrected chi connectivity index (χ4v) is 0. The van der Waals surface area contributed by atoms with Crippen molar-refractivity contribution in [3.05, 3.63) is 13.8 Å². The Morgan fingerprint density at radius 3 is 1.38 bits per heavy atom. The van der Waals surface area contributed by atoms with Crippen molar-refractivity contribution < 1.29 is 0 Å². The van der Waals surface area contributed by atoms with Gasteiger partial charge in [0.2, 0.25) is 0 Å². The Morgan fingerprint density at radius 1 is 1.25 bits per heavy atom. The van der Waals surface area contributed by atoms with E-state index in [4.69, 9.17) is 0 Å². The molecule has 0 aromatic carbocycles. The third-order valence-corrected chi connectivity index (χ3v) is 0.971. The summed E-state index contributed by atoms with van der Waals surface area (Å²) in [5.74, 6) is 0.981. The first kappa shape index (κ1) is 15.7. The molecule has 0 N–H and O–H groups in total. The Labute approximate surface area is 55.3 Å². The average Bonchev–Trinajstić information content (AvgIpc) is 1.36. The molecule has 0 saturated heterocycles. The Balaban J connectivity index is -0.000000125. The first-order valence-corrected chi connectivity index (χ1v) is 2.30. The van der Waals surface area contributed by atoms with Crippen LogP contribution in [-0.2, 0) is 0 Å². The number of hydrogen-bond donors (Lipinski definition) is 0. The molecule has 0 saturated carbocycles. The zero-order valence-electron chi connectivity index (χ0n) is 4.57. The molecule has 8 heavy (non-hydrogen) atoms. The fourth-order valence-electron chi connectivity index (χ4n) is 0. The maximum absolute atomic E-state index is 3.78. The van der Waals surface area contributed by atoms with E-state index in [0.29, 0.717) is 11.8 Å². The van der Waals surface area contributed by atoms with Crippen LogP contribution in [0.3, 0.4) is 0 Å². The minimum atomic E-state index is 0. The molecule has 0 rings (SSSR count). The summed E-state index contributed by atoms with van der Waals surface area (Å²) in [6.45, 7) is 11.7. The van der Waals surface area contributed by atoms with Crippen molar-refractivity contribution in [2.75, 3.05) is 0 Å². The molecule has 0 heteroatoms. The highest BCUT2D eigenvalue weighted by Gasteiger charge is 1.96. The molecule has 52 valence electrons. The minimum Gasteiger partial charge on any atom is -0.336 e. The first-order chi connectivity index (χ1) is 2.64. The fraction of sp³-hybridized carbons (Fsp3) is 0.750. The third kappa shape index (κ3) is 9.30. The molecule has 0 bridgehead atoms. The van der Waals surface area contributed by atoms with Crippen LogP contribution in [0.2, 0.25) is 0 Å². The van der Waals surface area contributed by atoms with Crippen molar-refractivity contribution in [3.63, 3.8) is 0 Å². The Kier molecular flexibility index (Phi) is 13.4. The quantitative estimate of drug-likeness (QED) is 0.461. The Bertz CT molecular complexity index is 21.0. The van der Waals surface area contributed by atoms with Crippen LogP contribution in [0.1, 0.15) is 28.7 Å². The summed E-state index contributed by atoms with van der Waals surface area (Å²) in [5, 5.41) is 0. The van der Waals surface area contributed by atoms with Crippen LogP contribution in [0.25, 0.3) is 0 Å². The van der Waals surface area contributed by atoms with Gasteiger partial charge in [0.25, 0.3) is 0 Å². The average molecular weight is 116 g/mol. The maximum atomic E-state index is 3.78. The smallest absolute Gasteiger partial charge is 0.0680 e. The predicted molar refractivity (Wildman–Crippen MR) is 42.5 cm³/mol. The summed E-state index contributed by atoms with van der Waals surface area (Å²) < 4.78 is 0. The van der Waals surface area contributed by atoms with E-state index in [1.807, 2.05) is 0 Å². The second-order valence-corrected chi connectivity index (χ2v) is 1.95. The molecule has 2 unspecified atom stereocenters. The molecular weight excluding hydrogens is 96.1 g/mol. The van der Waals surface area contributed by atoms with Crippen molar-refractivity contribution in [1.82, 2.24) is 0 Å². The van der Waals surface area contributed by atoms with E-state index in [1.165, 1.54) is 0 Å². The second-order valence-electron chi connectivity index (χ2n) is 1.95. The van der Waals surface area contributed by atoms with Gasteiger partial charge in [-0.2, -0.15) is 0 Å². The normalized spacial score (nSPS) is 14.9. The van der Waals surface area contributed by atoms with E-state index in [2.05, 4.69) is 27.7 Å². The molecule has 0 aromatic rings. The van der Waals surface area contributed by atoms with Crippen molar-refractivity contribution in [2.24, 2.45) is 11.8 Å². The molecule has 0 heterocycles. The van der Waals surface area contributed by atoms with Crippen LogP contribution in [0.5, 0.6) is 0 Å². The summed E-state index contributed by atoms with van der Waals surface area (Å²) in [6, 6.07) is 0. The highest BCUT2D eigenvalue weighted by Crippen LogP contribution is 2.04. The molecule has 0 aliphatic rings. The van der Waals surface area contributed by atoms with Gasteiger partial charge < -0.3 is 6.92 Å². The van der Waals surface area contributed by atoms with Gasteiger partial charge in [-0.05, 0) is 6.92 Å². The highest BCUT2D eigenvalue weighted by atomic mass is 14.0. The van der Waals surface area contributed by atoms with E-state index >= 15 is 0 Å². The third-order valence-electron chi connectivity index (χ3n) is 0.971. The monoisotopic (exact) mass is 116 g/mol. The van der Waals surface area contributed by atoms with Gasteiger partial charge in [-0.1, -0.05) is 21.8 Å². The molecular formula is C8H20. The summed E-state index contributed by atoms with van der Waals surface area (Å²) in [7, 11) is 0. The second kappa shape index (κ2) is 6.87. The van der Waals surface area contributed by atoms with Crippen LogP contribution in [0.15, 0.2) is 0 Å². The Hall–Kier alpha value is -0.130. The number of hydrogen-bond acceptors (Lipinski definition) is 0. The van der Waals surface area contributed by atoms with Gasteiger partial charge in [0.15, 0.2) is 0 Å². The lowest BCUT2D eigenvalue weighted by Crippen LogP contribution is -1.96. The van der Waals surface area contributed by atoms with E-state index in [0.717, 1.165) is 0 Å². The zero-order valence-corrected chi connectivity index (χ0v) is 4.57. The van der Waals surface area contributed by atoms with Gasteiger partial charge in [-0.3, -0.25) is 0 Å². The maximum Gasteiger partial charge on any atom is 0.0680 e. The summed E-state index contributed by atoms with van der Waals surface area (Å²) in [6.07, 6.45) is 0. The van der Waals surface area contributed by atoms with Gasteiger partial charge in [0.05, 0.1) is 12.8 Å². The van der Waals surface area contributed by atoms with Crippen molar-refractivity contribution in [2.45, 2.75) is 28.7 Å². The van der Waals surface area contributed by atoms with E-state index < -0.39 is 0 Å². The van der Waals surface area contributed by atoms with Crippen molar-refractivity contribution in [1.29, 1.82) is 0 Å². The lowest BCUT2D eigenvalue weighted by molar-refractivity contribution is 0.551. The zero-order chi connectivity index (χ0) is 5.15. The van der Waals surface area contributed by atoms with Gasteiger partial charge in [0, 0.05) is 0 Å². The molecule has 0 aliphatic heterocycles. The lowest BCUT2D eigenvalue weighted by atomic mass is 10.0. The first-order valence-electron chi connectivity index (χ1n) is 2.30. The van der Waals surface area contributed by atoms with Crippen molar-refractivity contribution >= 4 is 0 Å². The van der Waals surface area contributed by atoms with Gasteiger partial charge in [0.1, 0.15) is 0 Å². The summed E-state index contributed by atoms with van der Waals surface area (Å²) >= 11 is 0. The summed E-state index contributed by atoms with van der Waals surface area (Å²) in [4.78, 5) is 0. The van der Waals surface area contributed by atoms with Crippen LogP contribution in [0.4, 0.5) is 0 Å². The Morgan fingerprint density at radius 2 is 1.38 bits per heavy atom. The van der Waals surface area contributed by atoms with Crippen LogP contribution in [0, 0.1) is 25.7 Å². The topological polar surface area (TPSA) is 0 Å².